The molecule has 2 aromatic rings. The maximum Gasteiger partial charge on any atom is 0.408 e. The predicted molar refractivity (Wildman–Crippen MR) is 83.9 cm³/mol. The molecule has 0 radical (unpaired) electrons. The lowest BCUT2D eigenvalue weighted by molar-refractivity contribution is -0.184. The molecule has 134 valence electrons. The van der Waals surface area contributed by atoms with Crippen LogP contribution in [0.15, 0.2) is 34.7 Å². The maximum atomic E-state index is 13.3. The fourth-order valence-corrected chi connectivity index (χ4v) is 3.17. The van der Waals surface area contributed by atoms with E-state index in [0.717, 1.165) is 4.90 Å². The Bertz CT molecular complexity index is 767. The number of rotatable bonds is 2. The van der Waals surface area contributed by atoms with Gasteiger partial charge in [0.25, 0.3) is 5.91 Å². The van der Waals surface area contributed by atoms with Crippen LogP contribution in [0.4, 0.5) is 13.2 Å². The molecule has 0 aliphatic carbocycles. The van der Waals surface area contributed by atoms with Gasteiger partial charge in [0.15, 0.2) is 5.76 Å². The van der Waals surface area contributed by atoms with Gasteiger partial charge in [-0.3, -0.25) is 9.59 Å². The summed E-state index contributed by atoms with van der Waals surface area (Å²) in [6.07, 6.45) is -4.64. The molecular formula is C17H17F3N2O3. The number of carbonyl (C=O) groups is 2. The number of hydrogen-bond donors (Lipinski definition) is 1. The summed E-state index contributed by atoms with van der Waals surface area (Å²) in [5.41, 5.74) is 0.435. The van der Waals surface area contributed by atoms with E-state index in [-0.39, 0.29) is 31.1 Å². The van der Waals surface area contributed by atoms with Gasteiger partial charge in [-0.1, -0.05) is 18.2 Å². The van der Waals surface area contributed by atoms with E-state index in [4.69, 9.17) is 4.42 Å². The molecular weight excluding hydrogens is 337 g/mol. The number of piperidine rings is 1. The quantitative estimate of drug-likeness (QED) is 0.901. The summed E-state index contributed by atoms with van der Waals surface area (Å²) in [7, 11) is 0. The van der Waals surface area contributed by atoms with Crippen LogP contribution in [0.2, 0.25) is 0 Å². The van der Waals surface area contributed by atoms with Gasteiger partial charge in [-0.05, 0) is 25.0 Å². The van der Waals surface area contributed by atoms with Crippen LogP contribution >= 0.6 is 0 Å². The van der Waals surface area contributed by atoms with Crippen molar-refractivity contribution < 1.29 is 27.2 Å². The van der Waals surface area contributed by atoms with Crippen LogP contribution in [0.1, 0.15) is 30.3 Å². The van der Waals surface area contributed by atoms with Crippen LogP contribution in [-0.4, -0.2) is 41.5 Å². The molecule has 1 fully saturated rings. The number of nitrogens with one attached hydrogen (secondary N) is 1. The summed E-state index contributed by atoms with van der Waals surface area (Å²) in [5, 5.41) is 3.23. The lowest BCUT2D eigenvalue weighted by Crippen LogP contribution is -2.58. The number of para-hydroxylation sites is 1. The molecule has 1 aliphatic heterocycles. The minimum Gasteiger partial charge on any atom is -0.451 e. The van der Waals surface area contributed by atoms with Crippen molar-refractivity contribution in [3.05, 3.63) is 36.1 Å². The molecule has 1 saturated heterocycles. The van der Waals surface area contributed by atoms with E-state index in [1.165, 1.54) is 13.0 Å². The Kier molecular flexibility index (Phi) is 4.45. The molecule has 2 amide bonds. The van der Waals surface area contributed by atoms with Gasteiger partial charge < -0.3 is 14.6 Å². The van der Waals surface area contributed by atoms with Gasteiger partial charge in [-0.2, -0.15) is 13.2 Å². The van der Waals surface area contributed by atoms with Gasteiger partial charge in [0.05, 0.1) is 0 Å². The normalized spacial score (nSPS) is 21.4. The largest absolute Gasteiger partial charge is 0.451 e. The van der Waals surface area contributed by atoms with Crippen LogP contribution < -0.4 is 5.32 Å². The Morgan fingerprint density at radius 2 is 1.96 bits per heavy atom. The van der Waals surface area contributed by atoms with Gasteiger partial charge in [-0.15, -0.1) is 0 Å². The summed E-state index contributed by atoms with van der Waals surface area (Å²) < 4.78 is 45.5. The minimum atomic E-state index is -4.54. The highest BCUT2D eigenvalue weighted by Gasteiger charge is 2.48. The van der Waals surface area contributed by atoms with E-state index in [2.05, 4.69) is 5.32 Å². The highest BCUT2D eigenvalue weighted by molar-refractivity contribution is 5.96. The van der Waals surface area contributed by atoms with Crippen LogP contribution in [0.25, 0.3) is 11.0 Å². The number of likely N-dealkylation sites (tertiary alicyclic amines) is 1. The number of halogens is 3. The number of carbonyl (C=O) groups excluding carboxylic acids is 2. The van der Waals surface area contributed by atoms with E-state index in [1.807, 2.05) is 0 Å². The second kappa shape index (κ2) is 6.42. The lowest BCUT2D eigenvalue weighted by atomic mass is 9.97. The monoisotopic (exact) mass is 354 g/mol. The van der Waals surface area contributed by atoms with E-state index < -0.39 is 24.2 Å². The zero-order chi connectivity index (χ0) is 18.2. The topological polar surface area (TPSA) is 62.6 Å². The van der Waals surface area contributed by atoms with E-state index >= 15 is 0 Å². The Balaban J connectivity index is 1.90. The third kappa shape index (κ3) is 3.62. The molecule has 2 atom stereocenters. The molecule has 0 saturated carbocycles. The summed E-state index contributed by atoms with van der Waals surface area (Å²) in [6, 6.07) is 5.86. The zero-order valence-electron chi connectivity index (χ0n) is 13.5. The molecule has 2 heterocycles. The Morgan fingerprint density at radius 1 is 1.24 bits per heavy atom. The smallest absolute Gasteiger partial charge is 0.408 e. The molecule has 1 N–H and O–H groups in total. The third-order valence-corrected chi connectivity index (χ3v) is 4.26. The van der Waals surface area contributed by atoms with Crippen molar-refractivity contribution in [2.24, 2.45) is 0 Å². The van der Waals surface area contributed by atoms with Crippen LogP contribution in [0.3, 0.4) is 0 Å². The average molecular weight is 354 g/mol. The van der Waals surface area contributed by atoms with Crippen molar-refractivity contribution in [1.29, 1.82) is 0 Å². The number of alkyl halides is 3. The van der Waals surface area contributed by atoms with Gasteiger partial charge in [0, 0.05) is 24.9 Å². The van der Waals surface area contributed by atoms with Crippen molar-refractivity contribution in [2.75, 3.05) is 6.54 Å². The predicted octanol–water partition coefficient (Wildman–Crippen LogP) is 3.10. The maximum absolute atomic E-state index is 13.3. The molecule has 25 heavy (non-hydrogen) atoms. The van der Waals surface area contributed by atoms with Gasteiger partial charge >= 0.3 is 6.18 Å². The minimum absolute atomic E-state index is 0.140. The molecule has 1 aromatic heterocycles. The molecule has 0 unspecified atom stereocenters. The summed E-state index contributed by atoms with van der Waals surface area (Å²) in [6.45, 7) is 1.08. The fraction of sp³-hybridized carbons (Fsp3) is 0.412. The molecule has 8 heteroatoms. The summed E-state index contributed by atoms with van der Waals surface area (Å²) in [5.74, 6) is -1.31. The van der Waals surface area contributed by atoms with Crippen molar-refractivity contribution in [3.8, 4) is 0 Å². The van der Waals surface area contributed by atoms with Crippen molar-refractivity contribution in [3.63, 3.8) is 0 Å². The number of hydrogen-bond acceptors (Lipinski definition) is 3. The Morgan fingerprint density at radius 3 is 2.60 bits per heavy atom. The van der Waals surface area contributed by atoms with Gasteiger partial charge in [0.1, 0.15) is 11.6 Å². The molecule has 1 aromatic carbocycles. The van der Waals surface area contributed by atoms with Crippen LogP contribution in [0.5, 0.6) is 0 Å². The second-order valence-corrected chi connectivity index (χ2v) is 6.14. The van der Waals surface area contributed by atoms with Crippen molar-refractivity contribution in [1.82, 2.24) is 10.2 Å². The standard InChI is InChI=1S/C17H17F3N2O3/c1-10(23)21-12-6-7-15(17(18,19)20)22(9-12)16(24)14-8-11-4-2-3-5-13(11)25-14/h2-5,8,12,15H,6-7,9H2,1H3,(H,21,23)/t12-,15+/m0/s1. The number of fused-ring (bicyclic) bond motifs is 1. The SMILES string of the molecule is CC(=O)N[C@H]1CC[C@H](C(F)(F)F)N(C(=O)c2cc3ccccc3o2)C1. The summed E-state index contributed by atoms with van der Waals surface area (Å²) in [4.78, 5) is 24.6. The van der Waals surface area contributed by atoms with Crippen molar-refractivity contribution >= 4 is 22.8 Å². The fourth-order valence-electron chi connectivity index (χ4n) is 3.17. The number of furan rings is 1. The van der Waals surface area contributed by atoms with E-state index in [9.17, 15) is 22.8 Å². The third-order valence-electron chi connectivity index (χ3n) is 4.26. The molecule has 5 nitrogen and oxygen atoms in total. The highest BCUT2D eigenvalue weighted by atomic mass is 19.4. The van der Waals surface area contributed by atoms with E-state index in [1.54, 1.807) is 24.3 Å². The van der Waals surface area contributed by atoms with Crippen LogP contribution in [-0.2, 0) is 4.79 Å². The molecule has 1 aliphatic rings. The first-order chi connectivity index (χ1) is 11.8. The Hall–Kier alpha value is -2.51. The average Bonchev–Trinajstić information content (AvgIpc) is 2.96. The molecule has 0 bridgehead atoms. The lowest BCUT2D eigenvalue weighted by Gasteiger charge is -2.40. The van der Waals surface area contributed by atoms with Gasteiger partial charge in [-0.25, -0.2) is 0 Å². The second-order valence-electron chi connectivity index (χ2n) is 6.14. The molecule has 0 spiro atoms. The van der Waals surface area contributed by atoms with Crippen molar-refractivity contribution in [2.45, 2.75) is 38.0 Å². The first kappa shape index (κ1) is 17.3. The number of amides is 2. The number of benzene rings is 1. The first-order valence-corrected chi connectivity index (χ1v) is 7.89. The van der Waals surface area contributed by atoms with Gasteiger partial charge in [0.2, 0.25) is 5.91 Å². The Labute approximate surface area is 141 Å². The van der Waals surface area contributed by atoms with E-state index in [0.29, 0.717) is 11.0 Å². The zero-order valence-corrected chi connectivity index (χ0v) is 13.5. The highest BCUT2D eigenvalue weighted by Crippen LogP contribution is 2.33. The first-order valence-electron chi connectivity index (χ1n) is 7.89. The van der Waals surface area contributed by atoms with Crippen LogP contribution in [0, 0.1) is 0 Å². The molecule has 3 rings (SSSR count). The summed E-state index contributed by atoms with van der Waals surface area (Å²) >= 11 is 0. The number of nitrogens with zero attached hydrogens (tertiary/aromatic N) is 1.